The normalized spacial score (nSPS) is 11.6. The summed E-state index contributed by atoms with van der Waals surface area (Å²) >= 11 is 0. The van der Waals surface area contributed by atoms with E-state index >= 15 is 0 Å². The van der Waals surface area contributed by atoms with Crippen LogP contribution in [0.5, 0.6) is 11.6 Å². The molecule has 0 spiro atoms. The molecule has 0 aliphatic heterocycles. The van der Waals surface area contributed by atoms with E-state index in [1.165, 1.54) is 18.3 Å². The maximum Gasteiger partial charge on any atom is 0.573 e. The molecule has 6 N–H and O–H groups in total. The second-order valence-electron chi connectivity index (χ2n) is 9.59. The van der Waals surface area contributed by atoms with Gasteiger partial charge in [-0.15, -0.1) is 18.3 Å². The van der Waals surface area contributed by atoms with E-state index in [1.807, 2.05) is 12.1 Å². The average molecular weight is 598 g/mol. The molecule has 12 nitrogen and oxygen atoms in total. The van der Waals surface area contributed by atoms with E-state index in [-0.39, 0.29) is 11.6 Å². The number of unbranched alkanes of at least 4 members (excludes halogenated alkanes) is 1. The van der Waals surface area contributed by atoms with Gasteiger partial charge in [0.1, 0.15) is 11.6 Å². The number of alkyl halides is 3. The van der Waals surface area contributed by atoms with E-state index in [2.05, 4.69) is 51.3 Å². The summed E-state index contributed by atoms with van der Waals surface area (Å²) in [6.45, 7) is 2.67. The molecule has 0 saturated carbocycles. The SMILES string of the molecule is Oc1cc(-c2cc(NCCOCCCCNCc3cc(Nc4ccn[nH]4)cc(OC(F)(F)F)c3)c3cn[nH]c3c2)cnn1. The first-order valence-electron chi connectivity index (χ1n) is 13.5. The third-order valence-electron chi connectivity index (χ3n) is 6.30. The number of nitrogens with one attached hydrogen (secondary N) is 5. The van der Waals surface area contributed by atoms with Crippen molar-refractivity contribution in [2.75, 3.05) is 36.9 Å². The van der Waals surface area contributed by atoms with Crippen LogP contribution in [-0.4, -0.2) is 68.4 Å². The fourth-order valence-electron chi connectivity index (χ4n) is 4.43. The Labute approximate surface area is 244 Å². The second kappa shape index (κ2) is 13.8. The Balaban J connectivity index is 1.02. The monoisotopic (exact) mass is 597 g/mol. The minimum atomic E-state index is -4.79. The number of hydrogen-bond donors (Lipinski definition) is 6. The smallest absolute Gasteiger partial charge is 0.492 e. The van der Waals surface area contributed by atoms with Crippen LogP contribution in [0.1, 0.15) is 18.4 Å². The molecule has 5 aromatic rings. The van der Waals surface area contributed by atoms with Crippen molar-refractivity contribution in [1.29, 1.82) is 0 Å². The van der Waals surface area contributed by atoms with Gasteiger partial charge in [0.2, 0.25) is 5.88 Å². The van der Waals surface area contributed by atoms with Gasteiger partial charge in [-0.05, 0) is 54.8 Å². The zero-order valence-electron chi connectivity index (χ0n) is 22.9. The van der Waals surface area contributed by atoms with Crippen LogP contribution in [0.15, 0.2) is 61.1 Å². The fraction of sp³-hybridized carbons (Fsp3) is 0.286. The molecule has 5 rings (SSSR count). The summed E-state index contributed by atoms with van der Waals surface area (Å²) in [6.07, 6.45) is 1.72. The highest BCUT2D eigenvalue weighted by molar-refractivity contribution is 5.95. The molecule has 0 bridgehead atoms. The summed E-state index contributed by atoms with van der Waals surface area (Å²) in [5.74, 6) is 0.0905. The van der Waals surface area contributed by atoms with E-state index in [0.29, 0.717) is 49.9 Å². The summed E-state index contributed by atoms with van der Waals surface area (Å²) in [6, 6.07) is 11.5. The van der Waals surface area contributed by atoms with Crippen molar-refractivity contribution in [3.8, 4) is 22.8 Å². The molecule has 2 aromatic carbocycles. The number of aromatic hydroxyl groups is 1. The Kier molecular flexibility index (Phi) is 9.53. The lowest BCUT2D eigenvalue weighted by Crippen LogP contribution is -2.18. The lowest BCUT2D eigenvalue weighted by Gasteiger charge is -2.14. The maximum atomic E-state index is 12.8. The van der Waals surface area contributed by atoms with Gasteiger partial charge in [0.15, 0.2) is 0 Å². The van der Waals surface area contributed by atoms with Crippen molar-refractivity contribution in [3.63, 3.8) is 0 Å². The van der Waals surface area contributed by atoms with Crippen LogP contribution in [0.4, 0.5) is 30.4 Å². The van der Waals surface area contributed by atoms with Crippen LogP contribution in [0.2, 0.25) is 0 Å². The van der Waals surface area contributed by atoms with Crippen LogP contribution in [0, 0.1) is 0 Å². The Bertz CT molecular complexity index is 1610. The summed E-state index contributed by atoms with van der Waals surface area (Å²) in [7, 11) is 0. The van der Waals surface area contributed by atoms with Crippen molar-refractivity contribution >= 4 is 28.1 Å². The highest BCUT2D eigenvalue weighted by Gasteiger charge is 2.31. The number of nitrogens with zero attached hydrogens (tertiary/aromatic N) is 4. The summed E-state index contributed by atoms with van der Waals surface area (Å²) < 4.78 is 48.3. The second-order valence-corrected chi connectivity index (χ2v) is 9.59. The molecular formula is C28H30F3N9O3. The highest BCUT2D eigenvalue weighted by atomic mass is 19.4. The highest BCUT2D eigenvalue weighted by Crippen LogP contribution is 2.31. The molecule has 0 atom stereocenters. The largest absolute Gasteiger partial charge is 0.573 e. The zero-order chi connectivity index (χ0) is 30.1. The standard InChI is InChI=1S/C28H30F3N9O3/c29-28(30,31)43-22-10-18(9-21(14-22)37-26-3-5-34-39-26)15-32-4-1-2-7-42-8-6-33-24-11-19(12-25-23(24)17-36-38-25)20-13-27(41)40-35-16-20/h3,5,9-14,16-17,32-33H,1-2,4,6-8,15H2,(H,36,38)(H,40,41)(H2,34,37,39). The van der Waals surface area contributed by atoms with Crippen LogP contribution >= 0.6 is 0 Å². The number of halogens is 3. The van der Waals surface area contributed by atoms with Crippen molar-refractivity contribution in [2.24, 2.45) is 0 Å². The van der Waals surface area contributed by atoms with E-state index < -0.39 is 6.36 Å². The van der Waals surface area contributed by atoms with E-state index in [0.717, 1.165) is 40.6 Å². The van der Waals surface area contributed by atoms with Gasteiger partial charge in [0.05, 0.1) is 30.7 Å². The van der Waals surface area contributed by atoms with Gasteiger partial charge in [-0.2, -0.15) is 15.3 Å². The molecule has 226 valence electrons. The lowest BCUT2D eigenvalue weighted by molar-refractivity contribution is -0.274. The fourth-order valence-corrected chi connectivity index (χ4v) is 4.43. The molecule has 3 heterocycles. The Morgan fingerprint density at radius 1 is 0.907 bits per heavy atom. The van der Waals surface area contributed by atoms with Crippen LogP contribution in [0.3, 0.4) is 0 Å². The lowest BCUT2D eigenvalue weighted by atomic mass is 10.0. The summed E-state index contributed by atoms with van der Waals surface area (Å²) in [5, 5.41) is 41.3. The number of anilines is 3. The number of rotatable bonds is 15. The van der Waals surface area contributed by atoms with Gasteiger partial charge in [-0.25, -0.2) is 0 Å². The van der Waals surface area contributed by atoms with E-state index in [4.69, 9.17) is 4.74 Å². The van der Waals surface area contributed by atoms with Gasteiger partial charge in [0, 0.05) is 60.2 Å². The van der Waals surface area contributed by atoms with E-state index in [9.17, 15) is 18.3 Å². The van der Waals surface area contributed by atoms with Crippen LogP contribution < -0.4 is 20.7 Å². The van der Waals surface area contributed by atoms with Gasteiger partial charge < -0.3 is 30.5 Å². The predicted molar refractivity (Wildman–Crippen MR) is 154 cm³/mol. The topological polar surface area (TPSA) is 158 Å². The van der Waals surface area contributed by atoms with Crippen molar-refractivity contribution in [2.45, 2.75) is 25.7 Å². The first kappa shape index (κ1) is 29.6. The number of fused-ring (bicyclic) bond motifs is 1. The molecule has 3 aromatic heterocycles. The predicted octanol–water partition coefficient (Wildman–Crippen LogP) is 5.09. The molecule has 0 saturated heterocycles. The van der Waals surface area contributed by atoms with Gasteiger partial charge in [-0.1, -0.05) is 0 Å². The number of aromatic nitrogens is 6. The Hall–Kier alpha value is -4.89. The molecular weight excluding hydrogens is 567 g/mol. The Morgan fingerprint density at radius 3 is 2.63 bits per heavy atom. The van der Waals surface area contributed by atoms with Crippen LogP contribution in [0.25, 0.3) is 22.0 Å². The van der Waals surface area contributed by atoms with Crippen molar-refractivity contribution in [1.82, 2.24) is 35.9 Å². The molecule has 0 amide bonds. The Morgan fingerprint density at radius 2 is 1.81 bits per heavy atom. The number of hydrogen-bond acceptors (Lipinski definition) is 10. The van der Waals surface area contributed by atoms with Crippen molar-refractivity contribution in [3.05, 3.63) is 66.6 Å². The minimum absolute atomic E-state index is 0.155. The third kappa shape index (κ3) is 8.80. The first-order valence-corrected chi connectivity index (χ1v) is 13.5. The molecule has 0 radical (unpaired) electrons. The zero-order valence-corrected chi connectivity index (χ0v) is 22.9. The molecule has 0 fully saturated rings. The number of H-pyrrole nitrogens is 2. The summed E-state index contributed by atoms with van der Waals surface area (Å²) in [5.41, 5.74) is 4.37. The van der Waals surface area contributed by atoms with Gasteiger partial charge >= 0.3 is 6.36 Å². The van der Waals surface area contributed by atoms with E-state index in [1.54, 1.807) is 30.6 Å². The number of benzene rings is 2. The summed E-state index contributed by atoms with van der Waals surface area (Å²) in [4.78, 5) is 0. The molecule has 0 aliphatic carbocycles. The van der Waals surface area contributed by atoms with Gasteiger partial charge in [-0.3, -0.25) is 10.2 Å². The van der Waals surface area contributed by atoms with Crippen LogP contribution in [-0.2, 0) is 11.3 Å². The maximum absolute atomic E-state index is 12.8. The van der Waals surface area contributed by atoms with Gasteiger partial charge in [0.25, 0.3) is 0 Å². The van der Waals surface area contributed by atoms with Crippen molar-refractivity contribution < 1.29 is 27.8 Å². The molecule has 43 heavy (non-hydrogen) atoms. The quantitative estimate of drug-likeness (QED) is 0.0898. The number of ether oxygens (including phenoxy) is 2. The molecule has 15 heteroatoms. The molecule has 0 unspecified atom stereocenters. The first-order chi connectivity index (χ1) is 20.8. The molecule has 0 aliphatic rings. The third-order valence-corrected chi connectivity index (χ3v) is 6.30. The number of aromatic amines is 2. The minimum Gasteiger partial charge on any atom is -0.492 e. The average Bonchev–Trinajstić information content (AvgIpc) is 3.65.